The van der Waals surface area contributed by atoms with Crippen LogP contribution in [0.15, 0.2) is 66.2 Å². The molecule has 0 aliphatic rings. The molecule has 0 saturated heterocycles. The van der Waals surface area contributed by atoms with Gasteiger partial charge in [0.05, 0.1) is 10.2 Å². The first kappa shape index (κ1) is 14.5. The van der Waals surface area contributed by atoms with E-state index in [1.807, 2.05) is 60.0 Å². The summed E-state index contributed by atoms with van der Waals surface area (Å²) in [5.74, 6) is -0.215. The molecule has 22 heavy (non-hydrogen) atoms. The van der Waals surface area contributed by atoms with Crippen LogP contribution in [-0.4, -0.2) is 10.5 Å². The average Bonchev–Trinajstić information content (AvgIpc) is 2.85. The molecule has 3 aromatic rings. The van der Waals surface area contributed by atoms with E-state index in [4.69, 9.17) is 0 Å². The average molecular weight is 308 g/mol. The van der Waals surface area contributed by atoms with Crippen LogP contribution in [0.4, 0.5) is 0 Å². The van der Waals surface area contributed by atoms with Crippen molar-refractivity contribution in [2.24, 2.45) is 4.99 Å². The number of rotatable bonds is 3. The van der Waals surface area contributed by atoms with Crippen molar-refractivity contribution in [1.82, 2.24) is 4.57 Å². The number of para-hydroxylation sites is 1. The molecule has 4 heteroatoms. The Morgan fingerprint density at radius 2 is 2.09 bits per heavy atom. The Labute approximate surface area is 132 Å². The van der Waals surface area contributed by atoms with Crippen LogP contribution in [0.25, 0.3) is 10.2 Å². The van der Waals surface area contributed by atoms with E-state index in [-0.39, 0.29) is 5.91 Å². The summed E-state index contributed by atoms with van der Waals surface area (Å²) in [5.41, 5.74) is 2.74. The van der Waals surface area contributed by atoms with Crippen molar-refractivity contribution in [1.29, 1.82) is 0 Å². The third-order valence-electron chi connectivity index (χ3n) is 3.36. The van der Waals surface area contributed by atoms with Crippen LogP contribution in [0.2, 0.25) is 0 Å². The Balaban J connectivity index is 2.14. The molecular formula is C18H16N2OS. The lowest BCUT2D eigenvalue weighted by molar-refractivity contribution is 0.0998. The van der Waals surface area contributed by atoms with Crippen molar-refractivity contribution in [3.63, 3.8) is 0 Å². The molecule has 1 amide bonds. The third kappa shape index (κ3) is 2.78. The van der Waals surface area contributed by atoms with Gasteiger partial charge < -0.3 is 4.57 Å². The molecule has 0 unspecified atom stereocenters. The van der Waals surface area contributed by atoms with Crippen LogP contribution in [0.5, 0.6) is 0 Å². The summed E-state index contributed by atoms with van der Waals surface area (Å²) in [6.07, 6.45) is 1.81. The minimum Gasteiger partial charge on any atom is -0.312 e. The molecule has 2 aromatic carbocycles. The quantitative estimate of drug-likeness (QED) is 0.675. The van der Waals surface area contributed by atoms with Crippen molar-refractivity contribution in [3.8, 4) is 0 Å². The SMILES string of the molecule is C=CCn1c(=NC(=O)c2cccc(C)c2)sc2ccccc21. The summed E-state index contributed by atoms with van der Waals surface area (Å²) >= 11 is 1.52. The van der Waals surface area contributed by atoms with E-state index in [0.29, 0.717) is 16.9 Å². The fourth-order valence-electron chi connectivity index (χ4n) is 2.34. The van der Waals surface area contributed by atoms with E-state index in [2.05, 4.69) is 11.6 Å². The number of allylic oxidation sites excluding steroid dienone is 1. The number of benzene rings is 2. The van der Waals surface area contributed by atoms with E-state index < -0.39 is 0 Å². The molecule has 1 heterocycles. The Morgan fingerprint density at radius 3 is 2.86 bits per heavy atom. The van der Waals surface area contributed by atoms with Crippen molar-refractivity contribution in [3.05, 3.63) is 77.1 Å². The van der Waals surface area contributed by atoms with Gasteiger partial charge in [-0.25, -0.2) is 0 Å². The molecule has 110 valence electrons. The topological polar surface area (TPSA) is 34.4 Å². The van der Waals surface area contributed by atoms with Gasteiger partial charge in [-0.1, -0.05) is 47.2 Å². The highest BCUT2D eigenvalue weighted by atomic mass is 32.1. The molecule has 0 saturated carbocycles. The number of hydrogen-bond acceptors (Lipinski definition) is 2. The molecule has 0 aliphatic carbocycles. The first-order valence-electron chi connectivity index (χ1n) is 7.04. The second-order valence-corrected chi connectivity index (χ2v) is 6.05. The van der Waals surface area contributed by atoms with E-state index in [9.17, 15) is 4.79 Å². The zero-order chi connectivity index (χ0) is 15.5. The first-order chi connectivity index (χ1) is 10.7. The van der Waals surface area contributed by atoms with E-state index >= 15 is 0 Å². The van der Waals surface area contributed by atoms with E-state index in [1.54, 1.807) is 6.07 Å². The number of nitrogens with zero attached hydrogens (tertiary/aromatic N) is 2. The molecule has 3 nitrogen and oxygen atoms in total. The standard InChI is InChI=1S/C18H16N2OS/c1-3-11-20-15-9-4-5-10-16(15)22-18(20)19-17(21)14-8-6-7-13(2)12-14/h3-10,12H,1,11H2,2H3. The summed E-state index contributed by atoms with van der Waals surface area (Å²) in [6, 6.07) is 15.5. The van der Waals surface area contributed by atoms with Crippen LogP contribution >= 0.6 is 11.3 Å². The summed E-state index contributed by atoms with van der Waals surface area (Å²) in [6.45, 7) is 6.38. The van der Waals surface area contributed by atoms with Gasteiger partial charge in [0.1, 0.15) is 0 Å². The van der Waals surface area contributed by atoms with Crippen molar-refractivity contribution in [2.45, 2.75) is 13.5 Å². The summed E-state index contributed by atoms with van der Waals surface area (Å²) in [5, 5.41) is 0. The molecular weight excluding hydrogens is 292 g/mol. The van der Waals surface area contributed by atoms with Crippen molar-refractivity contribution in [2.75, 3.05) is 0 Å². The van der Waals surface area contributed by atoms with E-state index in [1.165, 1.54) is 11.3 Å². The lowest BCUT2D eigenvalue weighted by Crippen LogP contribution is -2.16. The second-order valence-electron chi connectivity index (χ2n) is 5.04. The third-order valence-corrected chi connectivity index (χ3v) is 4.42. The normalized spacial score (nSPS) is 11.8. The smallest absolute Gasteiger partial charge is 0.279 e. The maximum atomic E-state index is 12.4. The van der Waals surface area contributed by atoms with Gasteiger partial charge in [0.2, 0.25) is 0 Å². The lowest BCUT2D eigenvalue weighted by atomic mass is 10.1. The molecule has 0 fully saturated rings. The van der Waals surface area contributed by atoms with E-state index in [0.717, 1.165) is 15.8 Å². The Morgan fingerprint density at radius 1 is 1.27 bits per heavy atom. The highest BCUT2D eigenvalue weighted by Crippen LogP contribution is 2.17. The molecule has 1 aromatic heterocycles. The molecule has 0 spiro atoms. The minimum absolute atomic E-state index is 0.215. The van der Waals surface area contributed by atoms with Gasteiger partial charge in [0, 0.05) is 12.1 Å². The molecule has 0 radical (unpaired) electrons. The highest BCUT2D eigenvalue weighted by molar-refractivity contribution is 7.16. The highest BCUT2D eigenvalue weighted by Gasteiger charge is 2.08. The Hall–Kier alpha value is -2.46. The molecule has 0 bridgehead atoms. The number of amides is 1. The van der Waals surface area contributed by atoms with Crippen LogP contribution in [0.1, 0.15) is 15.9 Å². The van der Waals surface area contributed by atoms with Crippen molar-refractivity contribution >= 4 is 27.5 Å². The zero-order valence-corrected chi connectivity index (χ0v) is 13.1. The van der Waals surface area contributed by atoms with Gasteiger partial charge in [-0.2, -0.15) is 4.99 Å². The van der Waals surface area contributed by atoms with Crippen molar-refractivity contribution < 1.29 is 4.79 Å². The van der Waals surface area contributed by atoms with Gasteiger partial charge in [-0.15, -0.1) is 6.58 Å². The van der Waals surface area contributed by atoms with Gasteiger partial charge >= 0.3 is 0 Å². The summed E-state index contributed by atoms with van der Waals surface area (Å²) in [7, 11) is 0. The fraction of sp³-hybridized carbons (Fsp3) is 0.111. The summed E-state index contributed by atoms with van der Waals surface area (Å²) in [4.78, 5) is 17.4. The van der Waals surface area contributed by atoms with Gasteiger partial charge in [0.25, 0.3) is 5.91 Å². The van der Waals surface area contributed by atoms with Crippen LogP contribution in [0, 0.1) is 6.92 Å². The van der Waals surface area contributed by atoms with Gasteiger partial charge in [-0.3, -0.25) is 4.79 Å². The predicted molar refractivity (Wildman–Crippen MR) is 91.1 cm³/mol. The largest absolute Gasteiger partial charge is 0.312 e. The number of thiazole rings is 1. The number of aryl methyl sites for hydroxylation is 1. The first-order valence-corrected chi connectivity index (χ1v) is 7.85. The Kier molecular flexibility index (Phi) is 4.02. The van der Waals surface area contributed by atoms with Gasteiger partial charge in [0.15, 0.2) is 4.80 Å². The minimum atomic E-state index is -0.215. The molecule has 0 atom stereocenters. The number of carbonyl (C=O) groups excluding carboxylic acids is 1. The molecule has 3 rings (SSSR count). The molecule has 0 N–H and O–H groups in total. The van der Waals surface area contributed by atoms with Crippen LogP contribution < -0.4 is 4.80 Å². The van der Waals surface area contributed by atoms with Crippen LogP contribution in [0.3, 0.4) is 0 Å². The monoisotopic (exact) mass is 308 g/mol. The second kappa shape index (κ2) is 6.12. The number of carbonyl (C=O) groups is 1. The Bertz CT molecular complexity index is 918. The predicted octanol–water partition coefficient (Wildman–Crippen LogP) is 3.94. The number of aromatic nitrogens is 1. The zero-order valence-electron chi connectivity index (χ0n) is 12.3. The maximum absolute atomic E-state index is 12.4. The van der Waals surface area contributed by atoms with Gasteiger partial charge in [-0.05, 0) is 31.2 Å². The van der Waals surface area contributed by atoms with Crippen LogP contribution in [-0.2, 0) is 6.54 Å². The molecule has 0 aliphatic heterocycles. The summed E-state index contributed by atoms with van der Waals surface area (Å²) < 4.78 is 3.13. The fourth-order valence-corrected chi connectivity index (χ4v) is 3.38. The number of hydrogen-bond donors (Lipinski definition) is 0. The number of fused-ring (bicyclic) bond motifs is 1. The lowest BCUT2D eigenvalue weighted by Gasteiger charge is -2.00. The maximum Gasteiger partial charge on any atom is 0.279 e.